The Morgan fingerprint density at radius 3 is 1.38 bits per heavy atom. The molecule has 352 valence electrons. The molecule has 0 bridgehead atoms. The first kappa shape index (κ1) is 50.1. The third-order valence-electron chi connectivity index (χ3n) is 10.2. The van der Waals surface area contributed by atoms with Crippen LogP contribution in [0.5, 0.6) is 0 Å². The van der Waals surface area contributed by atoms with Gasteiger partial charge >= 0.3 is 0 Å². The summed E-state index contributed by atoms with van der Waals surface area (Å²) in [6, 6.07) is 43.4. The van der Waals surface area contributed by atoms with E-state index in [1.807, 2.05) is 116 Å². The van der Waals surface area contributed by atoms with Crippen LogP contribution in [0.15, 0.2) is 186 Å². The zero-order chi connectivity index (χ0) is 49.9. The topological polar surface area (TPSA) is 248 Å². The number of nitrogens with zero attached hydrogens (tertiary/aromatic N) is 2. The molecule has 0 aliphatic heterocycles. The zero-order valence-corrected chi connectivity index (χ0v) is 39.3. The van der Waals surface area contributed by atoms with Crippen molar-refractivity contribution in [2.24, 2.45) is 14.1 Å². The fourth-order valence-corrected chi connectivity index (χ4v) is 7.43. The molecular formula is C51H47N7O9S2. The van der Waals surface area contributed by atoms with E-state index < -0.39 is 20.2 Å². The maximum Gasteiger partial charge on any atom is 0.255 e. The second-order valence-electron chi connectivity index (χ2n) is 15.6. The van der Waals surface area contributed by atoms with Crippen molar-refractivity contribution in [1.82, 2.24) is 0 Å². The van der Waals surface area contributed by atoms with Gasteiger partial charge in [0.2, 0.25) is 5.52 Å². The Morgan fingerprint density at radius 2 is 0.928 bits per heavy atom. The van der Waals surface area contributed by atoms with E-state index in [1.54, 1.807) is 72.8 Å². The molecule has 69 heavy (non-hydrogen) atoms. The first-order valence-electron chi connectivity index (χ1n) is 20.9. The normalized spacial score (nSPS) is 10.9. The molecule has 6 N–H and O–H groups in total. The molecule has 0 fully saturated rings. The first-order valence-corrected chi connectivity index (χ1v) is 23.7. The molecule has 3 amide bonds. The minimum Gasteiger partial charge on any atom is -0.744 e. The van der Waals surface area contributed by atoms with Crippen LogP contribution in [0.1, 0.15) is 42.2 Å². The van der Waals surface area contributed by atoms with Crippen molar-refractivity contribution in [1.29, 1.82) is 0 Å². The number of nitrogen functional groups attached to an aromatic ring is 1. The van der Waals surface area contributed by atoms with Crippen molar-refractivity contribution in [2.45, 2.75) is 23.6 Å². The van der Waals surface area contributed by atoms with Crippen molar-refractivity contribution in [3.05, 3.63) is 204 Å². The van der Waals surface area contributed by atoms with Crippen molar-refractivity contribution < 1.29 is 49.5 Å². The minimum absolute atomic E-state index is 0.178. The summed E-state index contributed by atoms with van der Waals surface area (Å²) in [5.74, 6) is -0.888. The smallest absolute Gasteiger partial charge is 0.255 e. The van der Waals surface area contributed by atoms with Crippen LogP contribution < -0.4 is 36.1 Å². The van der Waals surface area contributed by atoms with Crippen LogP contribution in [0.3, 0.4) is 0 Å². The van der Waals surface area contributed by atoms with E-state index in [0.29, 0.717) is 39.4 Å². The van der Waals surface area contributed by atoms with E-state index in [-0.39, 0.29) is 27.5 Å². The Kier molecular flexibility index (Phi) is 16.0. The highest BCUT2D eigenvalue weighted by Gasteiger charge is 2.14. The molecule has 8 rings (SSSR count). The van der Waals surface area contributed by atoms with E-state index in [9.17, 15) is 40.3 Å². The number of anilines is 6. The lowest BCUT2D eigenvalue weighted by Crippen LogP contribution is -2.28. The average molecular weight is 966 g/mol. The number of benzene rings is 6. The molecule has 0 aliphatic rings. The Bertz CT molecular complexity index is 3280. The average Bonchev–Trinajstić information content (AvgIpc) is 3.31. The number of aromatic nitrogens is 2. The molecule has 6 aromatic carbocycles. The predicted molar refractivity (Wildman–Crippen MR) is 262 cm³/mol. The number of fused-ring (bicyclic) bond motifs is 1. The zero-order valence-electron chi connectivity index (χ0n) is 37.7. The molecule has 0 spiro atoms. The number of pyridine rings is 2. The SMILES string of the molecule is C[n+]1cccc(NC(=O)c2ccc(NC(=O)c3ccc(C(=O)Nc4ccc(Nc5cc[n+](C)c6ccc(N)cc56)cc4)cc3)cc2)c1.Cc1ccc(S(=O)(=O)[O-])cc1.Cc1ccc(S(=O)(=O)[O-])cc1. The van der Waals surface area contributed by atoms with Crippen molar-refractivity contribution in [3.63, 3.8) is 0 Å². The number of carbonyl (C=O) groups excluding carboxylic acids is 3. The van der Waals surface area contributed by atoms with E-state index in [0.717, 1.165) is 33.4 Å². The van der Waals surface area contributed by atoms with Crippen molar-refractivity contribution in [3.8, 4) is 0 Å². The highest BCUT2D eigenvalue weighted by molar-refractivity contribution is 7.86. The van der Waals surface area contributed by atoms with Crippen LogP contribution >= 0.6 is 0 Å². The number of rotatable bonds is 10. The Labute approximate surface area is 399 Å². The summed E-state index contributed by atoms with van der Waals surface area (Å²) in [6.45, 7) is 3.64. The molecular weight excluding hydrogens is 919 g/mol. The van der Waals surface area contributed by atoms with Crippen LogP contribution in [0.2, 0.25) is 0 Å². The summed E-state index contributed by atoms with van der Waals surface area (Å²) < 4.78 is 66.2. The minimum atomic E-state index is -4.27. The molecule has 18 heteroatoms. The van der Waals surface area contributed by atoms with E-state index in [1.165, 1.54) is 24.3 Å². The molecule has 0 aliphatic carbocycles. The maximum absolute atomic E-state index is 12.9. The Hall–Kier alpha value is -8.29. The second-order valence-corrected chi connectivity index (χ2v) is 18.4. The monoisotopic (exact) mass is 965 g/mol. The van der Waals surface area contributed by atoms with Gasteiger partial charge in [-0.25, -0.2) is 26.0 Å². The number of nitrogens with one attached hydrogen (secondary N) is 4. The van der Waals surface area contributed by atoms with E-state index in [4.69, 9.17) is 5.73 Å². The van der Waals surface area contributed by atoms with Gasteiger partial charge in [-0.05, 0) is 129 Å². The van der Waals surface area contributed by atoms with Crippen LogP contribution in [0.4, 0.5) is 34.1 Å². The van der Waals surface area contributed by atoms with Gasteiger partial charge in [0.15, 0.2) is 18.6 Å². The Balaban J connectivity index is 0.000000290. The summed E-state index contributed by atoms with van der Waals surface area (Å²) in [5, 5.41) is 13.0. The third-order valence-corrected chi connectivity index (χ3v) is 11.9. The highest BCUT2D eigenvalue weighted by Crippen LogP contribution is 2.27. The lowest BCUT2D eigenvalue weighted by atomic mass is 10.1. The molecule has 8 aromatic rings. The number of nitrogens with two attached hydrogens (primary N) is 1. The van der Waals surface area contributed by atoms with Crippen LogP contribution in [-0.4, -0.2) is 43.7 Å². The van der Waals surface area contributed by atoms with Gasteiger partial charge in [-0.15, -0.1) is 0 Å². The molecule has 0 saturated carbocycles. The largest absolute Gasteiger partial charge is 0.744 e. The number of hydrogen-bond acceptors (Lipinski definition) is 11. The van der Waals surface area contributed by atoms with Gasteiger partial charge in [-0.3, -0.25) is 14.4 Å². The molecule has 0 radical (unpaired) electrons. The van der Waals surface area contributed by atoms with Crippen molar-refractivity contribution >= 4 is 83.0 Å². The van der Waals surface area contributed by atoms with E-state index in [2.05, 4.69) is 21.3 Å². The number of carbonyl (C=O) groups is 3. The molecule has 0 saturated heterocycles. The van der Waals surface area contributed by atoms with Crippen LogP contribution in [-0.2, 0) is 34.3 Å². The molecule has 0 atom stereocenters. The lowest BCUT2D eigenvalue weighted by molar-refractivity contribution is -0.670. The molecule has 2 heterocycles. The van der Waals surface area contributed by atoms with Crippen LogP contribution in [0.25, 0.3) is 10.9 Å². The quantitative estimate of drug-likeness (QED) is 0.0514. The molecule has 0 unspecified atom stereocenters. The molecule has 2 aromatic heterocycles. The standard InChI is InChI=1S/C37H31N7O3.2C7H8O3S/c1-43-20-3-4-31(23-43)42-37(47)26-9-12-29(13-10-26)40-35(45)24-5-7-25(8-6-24)36(46)41-30-16-14-28(15-17-30)39-33-19-21-44(2)34-18-11-27(38)22-32(33)34;2*1-6-2-4-7(5-3-6)11(8,9)10/h3-23H,38H2,1-2H3,(H2-,40,41,42,45,46,47);2*2-5H,1H3,(H,8,9,10). The summed E-state index contributed by atoms with van der Waals surface area (Å²) in [7, 11) is -4.68. The fourth-order valence-electron chi connectivity index (χ4n) is 6.49. The number of hydrogen-bond donors (Lipinski definition) is 5. The predicted octanol–water partition coefficient (Wildman–Crippen LogP) is 7.37. The maximum atomic E-state index is 12.9. The molecule has 16 nitrogen and oxygen atoms in total. The summed E-state index contributed by atoms with van der Waals surface area (Å²) in [5.41, 5.74) is 14.5. The van der Waals surface area contributed by atoms with E-state index >= 15 is 0 Å². The highest BCUT2D eigenvalue weighted by atomic mass is 32.2. The fraction of sp³-hybridized carbons (Fsp3) is 0.0784. The summed E-state index contributed by atoms with van der Waals surface area (Å²) in [6.07, 6.45) is 5.67. The van der Waals surface area contributed by atoms with Gasteiger partial charge in [0.25, 0.3) is 17.7 Å². The van der Waals surface area contributed by atoms with Gasteiger partial charge in [-0.1, -0.05) is 35.4 Å². The van der Waals surface area contributed by atoms with Gasteiger partial charge in [-0.2, -0.15) is 0 Å². The number of aryl methyl sites for hydroxylation is 4. The summed E-state index contributed by atoms with van der Waals surface area (Å²) >= 11 is 0. The van der Waals surface area contributed by atoms with Gasteiger partial charge in [0, 0.05) is 57.6 Å². The van der Waals surface area contributed by atoms with Gasteiger partial charge in [0.1, 0.15) is 40.0 Å². The summed E-state index contributed by atoms with van der Waals surface area (Å²) in [4.78, 5) is 38.0. The van der Waals surface area contributed by atoms with Crippen LogP contribution in [0, 0.1) is 13.8 Å². The third kappa shape index (κ3) is 14.4. The second kappa shape index (κ2) is 22.0. The van der Waals surface area contributed by atoms with Gasteiger partial charge in [0.05, 0.1) is 20.9 Å². The Morgan fingerprint density at radius 1 is 0.507 bits per heavy atom. The lowest BCUT2D eigenvalue weighted by Gasteiger charge is -2.11. The first-order chi connectivity index (χ1) is 32.7. The van der Waals surface area contributed by atoms with Crippen molar-refractivity contribution in [2.75, 3.05) is 27.0 Å². The van der Waals surface area contributed by atoms with Gasteiger partial charge < -0.3 is 36.1 Å². The number of amides is 3.